The lowest BCUT2D eigenvalue weighted by atomic mass is 9.84. The molecule has 0 spiro atoms. The van der Waals surface area contributed by atoms with Crippen LogP contribution in [-0.2, 0) is 25.9 Å². The van der Waals surface area contributed by atoms with E-state index in [0.29, 0.717) is 30.7 Å². The third-order valence-corrected chi connectivity index (χ3v) is 6.84. The summed E-state index contributed by atoms with van der Waals surface area (Å²) in [5.41, 5.74) is 3.82. The number of hydrogen-bond acceptors (Lipinski definition) is 6. The Labute approximate surface area is 175 Å². The fourth-order valence-electron chi connectivity index (χ4n) is 5.21. The first-order valence-electron chi connectivity index (χ1n) is 10.9. The van der Waals surface area contributed by atoms with Crippen molar-refractivity contribution in [1.29, 1.82) is 0 Å². The number of nitrogens with one attached hydrogen (secondary N) is 2. The van der Waals surface area contributed by atoms with Gasteiger partial charge in [0.25, 0.3) is 11.1 Å². The second kappa shape index (κ2) is 7.67. The summed E-state index contributed by atoms with van der Waals surface area (Å²) >= 11 is 0. The van der Waals surface area contributed by atoms with Gasteiger partial charge in [-0.15, -0.1) is 0 Å². The summed E-state index contributed by atoms with van der Waals surface area (Å²) in [5.74, 6) is 1.61. The van der Waals surface area contributed by atoms with E-state index >= 15 is 0 Å². The molecular weight excluding hydrogens is 380 g/mol. The number of rotatable bonds is 3. The standard InChI is InChI=1S/C22H30N6O2/c1-26(2)22-24-18-6-8-27(7-5-17(18)20(29)25-22)13-15-3-4-19-16-9-14(10-23-11-16)12-28(19)21(15)30/h3-4,14,16,23H,5-13H2,1-2H3,(H,24,25,29)/t14-,16+/m0/s1. The van der Waals surface area contributed by atoms with Crippen LogP contribution >= 0.6 is 0 Å². The van der Waals surface area contributed by atoms with E-state index in [1.807, 2.05) is 29.6 Å². The molecule has 2 aromatic rings. The van der Waals surface area contributed by atoms with Crippen molar-refractivity contribution in [1.82, 2.24) is 24.8 Å². The van der Waals surface area contributed by atoms with E-state index in [4.69, 9.17) is 0 Å². The molecule has 0 amide bonds. The van der Waals surface area contributed by atoms with Gasteiger partial charge in [-0.1, -0.05) is 6.07 Å². The molecule has 0 aliphatic carbocycles. The largest absolute Gasteiger partial charge is 0.348 e. The van der Waals surface area contributed by atoms with E-state index in [0.717, 1.165) is 56.0 Å². The number of fused-ring (bicyclic) bond motifs is 5. The van der Waals surface area contributed by atoms with Gasteiger partial charge in [0.2, 0.25) is 5.95 Å². The van der Waals surface area contributed by atoms with Crippen molar-refractivity contribution >= 4 is 5.95 Å². The van der Waals surface area contributed by atoms with Gasteiger partial charge in [0.1, 0.15) is 0 Å². The van der Waals surface area contributed by atoms with E-state index in [-0.39, 0.29) is 11.1 Å². The fourth-order valence-corrected chi connectivity index (χ4v) is 5.21. The topological polar surface area (TPSA) is 86.3 Å². The molecule has 2 bridgehead atoms. The third-order valence-electron chi connectivity index (χ3n) is 6.84. The van der Waals surface area contributed by atoms with Crippen molar-refractivity contribution in [2.45, 2.75) is 38.3 Å². The molecular formula is C22H30N6O2. The molecule has 0 unspecified atom stereocenters. The number of nitrogens with zero attached hydrogens (tertiary/aromatic N) is 4. The first-order valence-corrected chi connectivity index (χ1v) is 10.9. The molecule has 160 valence electrons. The number of H-pyrrole nitrogens is 1. The van der Waals surface area contributed by atoms with Gasteiger partial charge in [0.05, 0.1) is 5.69 Å². The second-order valence-electron chi connectivity index (χ2n) is 9.14. The minimum absolute atomic E-state index is 0.0421. The highest BCUT2D eigenvalue weighted by molar-refractivity contribution is 5.32. The minimum Gasteiger partial charge on any atom is -0.348 e. The minimum atomic E-state index is -0.0421. The monoisotopic (exact) mass is 410 g/mol. The van der Waals surface area contributed by atoms with E-state index in [1.165, 1.54) is 12.1 Å². The molecule has 3 aliphatic rings. The summed E-state index contributed by atoms with van der Waals surface area (Å²) in [6, 6.07) is 4.18. The highest BCUT2D eigenvalue weighted by Gasteiger charge is 2.31. The zero-order chi connectivity index (χ0) is 20.8. The van der Waals surface area contributed by atoms with Crippen molar-refractivity contribution < 1.29 is 0 Å². The van der Waals surface area contributed by atoms with Crippen molar-refractivity contribution in [3.63, 3.8) is 0 Å². The van der Waals surface area contributed by atoms with Crippen LogP contribution in [0.5, 0.6) is 0 Å². The van der Waals surface area contributed by atoms with E-state index in [2.05, 4.69) is 26.3 Å². The molecule has 30 heavy (non-hydrogen) atoms. The summed E-state index contributed by atoms with van der Waals surface area (Å²) in [6.45, 7) is 4.98. The van der Waals surface area contributed by atoms with Crippen LogP contribution in [-0.4, -0.2) is 59.7 Å². The smallest absolute Gasteiger partial charge is 0.255 e. The maximum Gasteiger partial charge on any atom is 0.255 e. The Kier molecular flexibility index (Phi) is 4.99. The van der Waals surface area contributed by atoms with Crippen molar-refractivity contribution in [2.75, 3.05) is 45.2 Å². The summed E-state index contributed by atoms with van der Waals surface area (Å²) in [4.78, 5) is 37.4. The van der Waals surface area contributed by atoms with Crippen LogP contribution in [0.1, 0.15) is 34.9 Å². The molecule has 2 aromatic heterocycles. The number of hydrogen-bond donors (Lipinski definition) is 2. The Balaban J connectivity index is 1.36. The molecule has 0 saturated carbocycles. The first-order chi connectivity index (χ1) is 14.5. The molecule has 1 saturated heterocycles. The molecule has 8 nitrogen and oxygen atoms in total. The number of aromatic nitrogens is 3. The maximum atomic E-state index is 13.2. The van der Waals surface area contributed by atoms with Crippen LogP contribution in [0.4, 0.5) is 5.95 Å². The van der Waals surface area contributed by atoms with Crippen LogP contribution in [0.15, 0.2) is 21.7 Å². The van der Waals surface area contributed by atoms with Crippen molar-refractivity contribution in [3.05, 3.63) is 55.4 Å². The molecule has 5 rings (SSSR count). The first kappa shape index (κ1) is 19.5. The number of anilines is 1. The summed E-state index contributed by atoms with van der Waals surface area (Å²) in [5, 5.41) is 3.50. The predicted octanol–water partition coefficient (Wildman–Crippen LogP) is 0.305. The SMILES string of the molecule is CN(C)c1nc2c(c(=O)[nH]1)CCN(Cc1ccc3n(c1=O)C[C@@H]1CNC[C@H]3C1)CC2. The summed E-state index contributed by atoms with van der Waals surface area (Å²) in [7, 11) is 3.75. The van der Waals surface area contributed by atoms with E-state index < -0.39 is 0 Å². The highest BCUT2D eigenvalue weighted by Crippen LogP contribution is 2.31. The lowest BCUT2D eigenvalue weighted by Crippen LogP contribution is -2.45. The molecule has 5 heterocycles. The van der Waals surface area contributed by atoms with E-state index in [9.17, 15) is 9.59 Å². The molecule has 0 radical (unpaired) electrons. The average molecular weight is 411 g/mol. The van der Waals surface area contributed by atoms with Gasteiger partial charge in [-0.2, -0.15) is 0 Å². The Morgan fingerprint density at radius 1 is 1.17 bits per heavy atom. The van der Waals surface area contributed by atoms with Crippen LogP contribution in [0.2, 0.25) is 0 Å². The highest BCUT2D eigenvalue weighted by atomic mass is 16.1. The molecule has 1 fully saturated rings. The molecule has 2 atom stereocenters. The Morgan fingerprint density at radius 2 is 2.00 bits per heavy atom. The normalized spacial score (nSPS) is 23.4. The van der Waals surface area contributed by atoms with Gasteiger partial charge in [-0.05, 0) is 31.4 Å². The van der Waals surface area contributed by atoms with Crippen molar-refractivity contribution in [3.8, 4) is 0 Å². The Morgan fingerprint density at radius 3 is 2.83 bits per heavy atom. The fraction of sp³-hybridized carbons (Fsp3) is 0.591. The zero-order valence-corrected chi connectivity index (χ0v) is 17.8. The van der Waals surface area contributed by atoms with Gasteiger partial charge in [-0.3, -0.25) is 19.5 Å². The van der Waals surface area contributed by atoms with Gasteiger partial charge in [0, 0.05) is 76.0 Å². The van der Waals surface area contributed by atoms with Crippen LogP contribution < -0.4 is 21.3 Å². The maximum absolute atomic E-state index is 13.2. The number of pyridine rings is 1. The van der Waals surface area contributed by atoms with Gasteiger partial charge in [0.15, 0.2) is 0 Å². The molecule has 8 heteroatoms. The third kappa shape index (κ3) is 3.48. The summed E-state index contributed by atoms with van der Waals surface area (Å²) < 4.78 is 2.03. The van der Waals surface area contributed by atoms with Gasteiger partial charge in [-0.25, -0.2) is 4.98 Å². The van der Waals surface area contributed by atoms with E-state index in [1.54, 1.807) is 0 Å². The number of aromatic amines is 1. The zero-order valence-electron chi connectivity index (χ0n) is 17.8. The lowest BCUT2D eigenvalue weighted by molar-refractivity contribution is 0.251. The average Bonchev–Trinajstić information content (AvgIpc) is 2.93. The Bertz CT molecular complexity index is 1070. The van der Waals surface area contributed by atoms with Crippen LogP contribution in [0, 0.1) is 5.92 Å². The molecule has 0 aromatic carbocycles. The second-order valence-corrected chi connectivity index (χ2v) is 9.14. The van der Waals surface area contributed by atoms with Crippen molar-refractivity contribution in [2.24, 2.45) is 5.92 Å². The molecule has 2 N–H and O–H groups in total. The van der Waals surface area contributed by atoms with Gasteiger partial charge < -0.3 is 14.8 Å². The Hall–Kier alpha value is -2.45. The number of piperidine rings is 1. The summed E-state index contributed by atoms with van der Waals surface area (Å²) in [6.07, 6.45) is 2.57. The van der Waals surface area contributed by atoms with Gasteiger partial charge >= 0.3 is 0 Å². The lowest BCUT2D eigenvalue weighted by Gasteiger charge is -2.37. The molecule has 3 aliphatic heterocycles. The predicted molar refractivity (Wildman–Crippen MR) is 116 cm³/mol. The quantitative estimate of drug-likeness (QED) is 0.757. The van der Waals surface area contributed by atoms with Crippen LogP contribution in [0.3, 0.4) is 0 Å². The van der Waals surface area contributed by atoms with Crippen LogP contribution in [0.25, 0.3) is 0 Å².